The third-order valence-electron chi connectivity index (χ3n) is 3.73. The van der Waals surface area contributed by atoms with Crippen molar-refractivity contribution in [1.82, 2.24) is 4.90 Å². The zero-order valence-corrected chi connectivity index (χ0v) is 15.8. The number of anilines is 1. The summed E-state index contributed by atoms with van der Waals surface area (Å²) in [4.78, 5) is 7.17. The zero-order valence-electron chi connectivity index (χ0n) is 12.5. The molecule has 0 saturated carbocycles. The van der Waals surface area contributed by atoms with Crippen molar-refractivity contribution in [3.05, 3.63) is 28.8 Å². The number of aliphatic imine (C=N–C) groups is 1. The van der Waals surface area contributed by atoms with Crippen molar-refractivity contribution in [3.8, 4) is 0 Å². The number of benzene rings is 1. The van der Waals surface area contributed by atoms with Crippen molar-refractivity contribution in [1.29, 1.82) is 0 Å². The van der Waals surface area contributed by atoms with Gasteiger partial charge in [-0.15, -0.1) is 24.8 Å². The van der Waals surface area contributed by atoms with E-state index in [1.807, 2.05) is 30.0 Å². The molecule has 124 valence electrons. The lowest BCUT2D eigenvalue weighted by Crippen LogP contribution is -2.28. The Hall–Kier alpha value is -0.130. The first-order chi connectivity index (χ1) is 9.70. The van der Waals surface area contributed by atoms with Crippen LogP contribution in [0.2, 0.25) is 5.02 Å². The average molecular weight is 383 g/mol. The van der Waals surface area contributed by atoms with E-state index in [0.29, 0.717) is 5.25 Å². The molecular formula is C15H22Cl3N3S. The Morgan fingerprint density at radius 2 is 2.05 bits per heavy atom. The molecule has 0 aliphatic carbocycles. The summed E-state index contributed by atoms with van der Waals surface area (Å²) < 4.78 is 0. The fourth-order valence-corrected chi connectivity index (χ4v) is 3.92. The average Bonchev–Trinajstić information content (AvgIpc) is 2.91. The SMILES string of the molecule is CC(CN1CCCC1)SC1=NCc2cc(Cl)ccc2N1.Cl.Cl. The molecule has 3 rings (SSSR count). The largest absolute Gasteiger partial charge is 0.335 e. The predicted octanol–water partition coefficient (Wildman–Crippen LogP) is 4.68. The molecule has 1 unspecified atom stereocenters. The fraction of sp³-hybridized carbons (Fsp3) is 0.533. The number of amidine groups is 1. The molecule has 1 atom stereocenters. The van der Waals surface area contributed by atoms with E-state index in [9.17, 15) is 0 Å². The highest BCUT2D eigenvalue weighted by Gasteiger charge is 2.18. The second kappa shape index (κ2) is 9.24. The number of thioether (sulfide) groups is 1. The smallest absolute Gasteiger partial charge is 0.161 e. The Bertz CT molecular complexity index is 519. The third-order valence-corrected chi connectivity index (χ3v) is 4.97. The highest BCUT2D eigenvalue weighted by atomic mass is 35.5. The Labute approximate surface area is 154 Å². The lowest BCUT2D eigenvalue weighted by molar-refractivity contribution is 0.344. The Kier molecular flexibility index (Phi) is 8.36. The van der Waals surface area contributed by atoms with E-state index in [4.69, 9.17) is 11.6 Å². The third kappa shape index (κ3) is 5.20. The van der Waals surface area contributed by atoms with Crippen molar-refractivity contribution >= 4 is 59.0 Å². The van der Waals surface area contributed by atoms with Gasteiger partial charge in [-0.05, 0) is 49.7 Å². The van der Waals surface area contributed by atoms with Gasteiger partial charge in [-0.3, -0.25) is 4.99 Å². The summed E-state index contributed by atoms with van der Waals surface area (Å²) in [6.07, 6.45) is 2.70. The molecule has 7 heteroatoms. The Morgan fingerprint density at radius 1 is 1.32 bits per heavy atom. The monoisotopic (exact) mass is 381 g/mol. The highest BCUT2D eigenvalue weighted by Crippen LogP contribution is 2.28. The molecule has 0 spiro atoms. The first-order valence-corrected chi connectivity index (χ1v) is 8.45. The van der Waals surface area contributed by atoms with Crippen molar-refractivity contribution in [2.24, 2.45) is 4.99 Å². The van der Waals surface area contributed by atoms with E-state index in [1.54, 1.807) is 0 Å². The first-order valence-electron chi connectivity index (χ1n) is 7.19. The summed E-state index contributed by atoms with van der Waals surface area (Å²) >= 11 is 7.84. The molecule has 2 aliphatic rings. The highest BCUT2D eigenvalue weighted by molar-refractivity contribution is 8.14. The van der Waals surface area contributed by atoms with Crippen LogP contribution in [0.5, 0.6) is 0 Å². The molecule has 2 heterocycles. The summed E-state index contributed by atoms with van der Waals surface area (Å²) in [7, 11) is 0. The number of likely N-dealkylation sites (tertiary alicyclic amines) is 1. The molecule has 1 fully saturated rings. The molecule has 1 aromatic rings. The molecule has 2 aliphatic heterocycles. The molecule has 22 heavy (non-hydrogen) atoms. The number of halogens is 3. The van der Waals surface area contributed by atoms with E-state index in [-0.39, 0.29) is 24.8 Å². The van der Waals surface area contributed by atoms with Gasteiger partial charge in [-0.1, -0.05) is 30.3 Å². The predicted molar refractivity (Wildman–Crippen MR) is 103 cm³/mol. The van der Waals surface area contributed by atoms with Gasteiger partial charge in [0.15, 0.2) is 5.17 Å². The van der Waals surface area contributed by atoms with Gasteiger partial charge >= 0.3 is 0 Å². The van der Waals surface area contributed by atoms with E-state index in [0.717, 1.165) is 29.0 Å². The summed E-state index contributed by atoms with van der Waals surface area (Å²) in [5, 5.41) is 5.79. The first kappa shape index (κ1) is 19.9. The second-order valence-electron chi connectivity index (χ2n) is 5.48. The number of rotatable bonds is 3. The minimum absolute atomic E-state index is 0. The quantitative estimate of drug-likeness (QED) is 0.822. The van der Waals surface area contributed by atoms with Crippen LogP contribution in [0.1, 0.15) is 25.3 Å². The van der Waals surface area contributed by atoms with Crippen LogP contribution in [0.15, 0.2) is 23.2 Å². The summed E-state index contributed by atoms with van der Waals surface area (Å²) in [6.45, 7) is 6.67. The second-order valence-corrected chi connectivity index (χ2v) is 7.35. The van der Waals surface area contributed by atoms with Gasteiger partial charge in [0.1, 0.15) is 0 Å². The van der Waals surface area contributed by atoms with Crippen LogP contribution in [0.4, 0.5) is 5.69 Å². The molecule has 1 saturated heterocycles. The maximum atomic E-state index is 6.01. The number of fused-ring (bicyclic) bond motifs is 1. The Morgan fingerprint density at radius 3 is 2.77 bits per heavy atom. The number of hydrogen-bond donors (Lipinski definition) is 1. The Balaban J connectivity index is 0.00000121. The van der Waals surface area contributed by atoms with Crippen LogP contribution in [-0.2, 0) is 6.54 Å². The molecular weight excluding hydrogens is 361 g/mol. The summed E-state index contributed by atoms with van der Waals surface area (Å²) in [5.41, 5.74) is 2.31. The number of hydrogen-bond acceptors (Lipinski definition) is 4. The maximum absolute atomic E-state index is 6.01. The van der Waals surface area contributed by atoms with Crippen LogP contribution in [0, 0.1) is 0 Å². The minimum atomic E-state index is 0. The standard InChI is InChI=1S/C15H20ClN3S.2ClH/c1-11(10-19-6-2-3-7-19)20-15-17-9-12-8-13(16)4-5-14(12)18-15;;/h4-5,8,11H,2-3,6-7,9-10H2,1H3,(H,17,18);2*1H. The van der Waals surface area contributed by atoms with Crippen LogP contribution < -0.4 is 5.32 Å². The van der Waals surface area contributed by atoms with E-state index in [2.05, 4.69) is 22.1 Å². The molecule has 1 N–H and O–H groups in total. The van der Waals surface area contributed by atoms with Crippen LogP contribution >= 0.6 is 48.2 Å². The van der Waals surface area contributed by atoms with Crippen LogP contribution in [0.3, 0.4) is 0 Å². The molecule has 0 radical (unpaired) electrons. The maximum Gasteiger partial charge on any atom is 0.161 e. The topological polar surface area (TPSA) is 27.6 Å². The molecule has 1 aromatic carbocycles. The lowest BCUT2D eigenvalue weighted by Gasteiger charge is -2.23. The summed E-state index contributed by atoms with van der Waals surface area (Å²) in [6, 6.07) is 5.95. The minimum Gasteiger partial charge on any atom is -0.335 e. The zero-order chi connectivity index (χ0) is 13.9. The van der Waals surface area contributed by atoms with Crippen LogP contribution in [-0.4, -0.2) is 35.0 Å². The molecule has 0 bridgehead atoms. The van der Waals surface area contributed by atoms with Gasteiger partial charge in [-0.2, -0.15) is 0 Å². The fourth-order valence-electron chi connectivity index (χ4n) is 2.75. The number of nitrogens with one attached hydrogen (secondary N) is 1. The van der Waals surface area contributed by atoms with Crippen LogP contribution in [0.25, 0.3) is 0 Å². The van der Waals surface area contributed by atoms with Gasteiger partial charge in [0.2, 0.25) is 0 Å². The van der Waals surface area contributed by atoms with E-state index in [1.165, 1.54) is 31.5 Å². The van der Waals surface area contributed by atoms with Gasteiger partial charge in [0, 0.05) is 22.5 Å². The molecule has 0 amide bonds. The van der Waals surface area contributed by atoms with Crippen molar-refractivity contribution in [3.63, 3.8) is 0 Å². The van der Waals surface area contributed by atoms with Gasteiger partial charge < -0.3 is 10.2 Å². The van der Waals surface area contributed by atoms with Crippen molar-refractivity contribution in [2.75, 3.05) is 25.0 Å². The van der Waals surface area contributed by atoms with Gasteiger partial charge in [0.25, 0.3) is 0 Å². The molecule has 0 aromatic heterocycles. The normalized spacial score (nSPS) is 18.4. The van der Waals surface area contributed by atoms with Gasteiger partial charge in [0.05, 0.1) is 6.54 Å². The van der Waals surface area contributed by atoms with Crippen molar-refractivity contribution in [2.45, 2.75) is 31.6 Å². The number of nitrogens with zero attached hydrogens (tertiary/aromatic N) is 2. The van der Waals surface area contributed by atoms with E-state index < -0.39 is 0 Å². The molecule has 3 nitrogen and oxygen atoms in total. The van der Waals surface area contributed by atoms with Gasteiger partial charge in [-0.25, -0.2) is 0 Å². The van der Waals surface area contributed by atoms with Crippen molar-refractivity contribution < 1.29 is 0 Å². The lowest BCUT2D eigenvalue weighted by atomic mass is 10.1. The van der Waals surface area contributed by atoms with E-state index >= 15 is 0 Å². The summed E-state index contributed by atoms with van der Waals surface area (Å²) in [5.74, 6) is 0.